The highest BCUT2D eigenvalue weighted by Gasteiger charge is 2.21. The molecule has 0 aliphatic heterocycles. The van der Waals surface area contributed by atoms with Crippen molar-refractivity contribution >= 4 is 0 Å². The van der Waals surface area contributed by atoms with Crippen LogP contribution in [-0.2, 0) is 0 Å². The molecule has 0 amide bonds. The third-order valence-corrected chi connectivity index (χ3v) is 5.30. The van der Waals surface area contributed by atoms with Crippen LogP contribution in [0.25, 0.3) is 0 Å². The van der Waals surface area contributed by atoms with Gasteiger partial charge in [-0.2, -0.15) is 0 Å². The minimum absolute atomic E-state index is 0.862. The quantitative estimate of drug-likeness (QED) is 0.328. The fourth-order valence-corrected chi connectivity index (χ4v) is 3.46. The Bertz CT molecular complexity index is 176. The Kier molecular flexibility index (Phi) is 12.7. The van der Waals surface area contributed by atoms with E-state index in [4.69, 9.17) is 0 Å². The van der Waals surface area contributed by atoms with Crippen molar-refractivity contribution in [1.82, 2.24) is 0 Å². The maximum atomic E-state index is 2.45. The van der Waals surface area contributed by atoms with Crippen LogP contribution in [0.15, 0.2) is 0 Å². The van der Waals surface area contributed by atoms with E-state index < -0.39 is 0 Å². The monoisotopic (exact) mass is 282 g/mol. The summed E-state index contributed by atoms with van der Waals surface area (Å²) in [6.45, 7) is 14.3. The van der Waals surface area contributed by atoms with Crippen molar-refractivity contribution in [2.45, 2.75) is 106 Å². The molecule has 0 fully saturated rings. The van der Waals surface area contributed by atoms with Crippen LogP contribution in [0.3, 0.4) is 0 Å². The Hall–Kier alpha value is 0. The molecule has 0 heteroatoms. The zero-order valence-electron chi connectivity index (χ0n) is 15.4. The molecule has 20 heavy (non-hydrogen) atoms. The molecular weight excluding hydrogens is 240 g/mol. The summed E-state index contributed by atoms with van der Waals surface area (Å²) in [5, 5.41) is 0. The lowest BCUT2D eigenvalue weighted by Crippen LogP contribution is -2.18. The van der Waals surface area contributed by atoms with Crippen molar-refractivity contribution in [2.75, 3.05) is 0 Å². The summed E-state index contributed by atoms with van der Waals surface area (Å²) in [6.07, 6.45) is 14.2. The zero-order chi connectivity index (χ0) is 15.4. The molecule has 0 nitrogen and oxygen atoms in total. The lowest BCUT2D eigenvalue weighted by Gasteiger charge is -2.29. The van der Waals surface area contributed by atoms with Gasteiger partial charge in [-0.15, -0.1) is 0 Å². The minimum Gasteiger partial charge on any atom is -0.0654 e. The predicted octanol–water partition coefficient (Wildman–Crippen LogP) is 7.47. The van der Waals surface area contributed by atoms with Crippen molar-refractivity contribution in [3.8, 4) is 0 Å². The van der Waals surface area contributed by atoms with Gasteiger partial charge >= 0.3 is 0 Å². The van der Waals surface area contributed by atoms with Crippen LogP contribution in [0.2, 0.25) is 0 Å². The smallest absolute Gasteiger partial charge is 0.0386 e. The fourth-order valence-electron chi connectivity index (χ4n) is 3.46. The molecule has 0 rings (SSSR count). The summed E-state index contributed by atoms with van der Waals surface area (Å²) in [5.41, 5.74) is 0. The van der Waals surface area contributed by atoms with Gasteiger partial charge in [-0.05, 0) is 36.5 Å². The van der Waals surface area contributed by atoms with E-state index in [1.54, 1.807) is 0 Å². The van der Waals surface area contributed by atoms with Gasteiger partial charge in [-0.25, -0.2) is 0 Å². The van der Waals surface area contributed by atoms with E-state index >= 15 is 0 Å². The van der Waals surface area contributed by atoms with E-state index in [2.05, 4.69) is 41.5 Å². The highest BCUT2D eigenvalue weighted by Crippen LogP contribution is 2.33. The summed E-state index contributed by atoms with van der Waals surface area (Å²) in [7, 11) is 0. The summed E-state index contributed by atoms with van der Waals surface area (Å²) in [6, 6.07) is 0. The first-order valence-electron chi connectivity index (χ1n) is 9.58. The maximum absolute atomic E-state index is 2.45. The van der Waals surface area contributed by atoms with E-state index in [0.29, 0.717) is 0 Å². The Morgan fingerprint density at radius 1 is 0.650 bits per heavy atom. The molecule has 0 aliphatic carbocycles. The molecule has 0 spiro atoms. The molecular formula is C20H42. The minimum atomic E-state index is 0.862. The zero-order valence-corrected chi connectivity index (χ0v) is 15.4. The summed E-state index contributed by atoms with van der Waals surface area (Å²) < 4.78 is 0. The maximum Gasteiger partial charge on any atom is -0.0386 e. The number of rotatable bonds is 13. The van der Waals surface area contributed by atoms with Gasteiger partial charge < -0.3 is 0 Å². The average molecular weight is 283 g/mol. The second kappa shape index (κ2) is 12.7. The van der Waals surface area contributed by atoms with Gasteiger partial charge in [0.1, 0.15) is 0 Å². The van der Waals surface area contributed by atoms with E-state index in [1.165, 1.54) is 64.2 Å². The Labute approximate surface area is 130 Å². The largest absolute Gasteiger partial charge is 0.0654 e. The van der Waals surface area contributed by atoms with E-state index in [-0.39, 0.29) is 0 Å². The third kappa shape index (κ3) is 9.03. The van der Waals surface area contributed by atoms with Gasteiger partial charge in [-0.1, -0.05) is 92.9 Å². The van der Waals surface area contributed by atoms with Crippen LogP contribution in [-0.4, -0.2) is 0 Å². The van der Waals surface area contributed by atoms with Gasteiger partial charge in [0.15, 0.2) is 0 Å². The van der Waals surface area contributed by atoms with E-state index in [9.17, 15) is 0 Å². The molecule has 2 unspecified atom stereocenters. The van der Waals surface area contributed by atoms with Crippen LogP contribution in [0.5, 0.6) is 0 Å². The topological polar surface area (TPSA) is 0 Å². The van der Waals surface area contributed by atoms with Crippen LogP contribution in [0, 0.1) is 23.7 Å². The number of unbranched alkanes of at least 4 members (excludes halogenated alkanes) is 2. The van der Waals surface area contributed by atoms with E-state index in [1.807, 2.05) is 0 Å². The standard InChI is InChI=1S/C20H42/c1-7-11-13-18(9-3)15-20(17(5)6)16-19(10-4)14-12-8-2/h17-20H,7-16H2,1-6H3. The SMILES string of the molecule is CCCCC(CC)CC(CC(CC)CCCC)C(C)C. The molecule has 0 aromatic rings. The second-order valence-corrected chi connectivity index (χ2v) is 7.31. The molecule has 0 aromatic heterocycles. The van der Waals surface area contributed by atoms with Crippen LogP contribution in [0.1, 0.15) is 106 Å². The molecule has 0 aromatic carbocycles. The second-order valence-electron chi connectivity index (χ2n) is 7.31. The lowest BCUT2D eigenvalue weighted by molar-refractivity contribution is 0.220. The number of hydrogen-bond acceptors (Lipinski definition) is 0. The van der Waals surface area contributed by atoms with Gasteiger partial charge in [-0.3, -0.25) is 0 Å². The molecule has 122 valence electrons. The molecule has 0 heterocycles. The summed E-state index contributed by atoms with van der Waals surface area (Å²) in [4.78, 5) is 0. The van der Waals surface area contributed by atoms with Crippen LogP contribution < -0.4 is 0 Å². The van der Waals surface area contributed by atoms with Crippen molar-refractivity contribution in [3.63, 3.8) is 0 Å². The predicted molar refractivity (Wildman–Crippen MR) is 94.2 cm³/mol. The van der Waals surface area contributed by atoms with E-state index in [0.717, 1.165) is 23.7 Å². The fraction of sp³-hybridized carbons (Fsp3) is 1.00. The van der Waals surface area contributed by atoms with Crippen LogP contribution >= 0.6 is 0 Å². The summed E-state index contributed by atoms with van der Waals surface area (Å²) >= 11 is 0. The van der Waals surface area contributed by atoms with Crippen LogP contribution in [0.4, 0.5) is 0 Å². The van der Waals surface area contributed by atoms with Crippen molar-refractivity contribution < 1.29 is 0 Å². The average Bonchev–Trinajstić information content (AvgIpc) is 2.45. The molecule has 0 saturated carbocycles. The number of hydrogen-bond donors (Lipinski definition) is 0. The normalized spacial score (nSPS) is 16.4. The molecule has 0 aliphatic rings. The van der Waals surface area contributed by atoms with Gasteiger partial charge in [0.2, 0.25) is 0 Å². The highest BCUT2D eigenvalue weighted by atomic mass is 14.3. The first kappa shape index (κ1) is 20.0. The van der Waals surface area contributed by atoms with Gasteiger partial charge in [0.05, 0.1) is 0 Å². The Morgan fingerprint density at radius 2 is 1.05 bits per heavy atom. The lowest BCUT2D eigenvalue weighted by atomic mass is 9.77. The first-order chi connectivity index (χ1) is 9.58. The third-order valence-electron chi connectivity index (χ3n) is 5.30. The Balaban J connectivity index is 4.37. The Morgan fingerprint density at radius 3 is 1.30 bits per heavy atom. The molecule has 0 saturated heterocycles. The molecule has 0 bridgehead atoms. The summed E-state index contributed by atoms with van der Waals surface area (Å²) in [5.74, 6) is 3.78. The van der Waals surface area contributed by atoms with Crippen molar-refractivity contribution in [2.24, 2.45) is 23.7 Å². The van der Waals surface area contributed by atoms with Gasteiger partial charge in [0.25, 0.3) is 0 Å². The van der Waals surface area contributed by atoms with Crippen molar-refractivity contribution in [1.29, 1.82) is 0 Å². The molecule has 2 atom stereocenters. The molecule has 0 radical (unpaired) electrons. The van der Waals surface area contributed by atoms with Crippen molar-refractivity contribution in [3.05, 3.63) is 0 Å². The molecule has 0 N–H and O–H groups in total. The first-order valence-corrected chi connectivity index (χ1v) is 9.58. The van der Waals surface area contributed by atoms with Gasteiger partial charge in [0, 0.05) is 0 Å². The highest BCUT2D eigenvalue weighted by molar-refractivity contribution is 4.72.